The molecule has 0 spiro atoms. The van der Waals surface area contributed by atoms with Gasteiger partial charge in [-0.05, 0) is 12.1 Å². The van der Waals surface area contributed by atoms with E-state index < -0.39 is 0 Å². The summed E-state index contributed by atoms with van der Waals surface area (Å²) in [5.41, 5.74) is 2.59. The van der Waals surface area contributed by atoms with E-state index in [0.717, 1.165) is 33.0 Å². The Labute approximate surface area is 89.9 Å². The Hall–Kier alpha value is -2.36. The molecule has 4 heteroatoms. The Bertz CT molecular complexity index is 747. The van der Waals surface area contributed by atoms with E-state index >= 15 is 0 Å². The van der Waals surface area contributed by atoms with Crippen molar-refractivity contribution in [2.45, 2.75) is 0 Å². The van der Waals surface area contributed by atoms with E-state index in [1.54, 1.807) is 24.8 Å². The Balaban J connectivity index is 2.38. The first-order valence-corrected chi connectivity index (χ1v) is 5.01. The second-order valence-corrected chi connectivity index (χ2v) is 3.72. The van der Waals surface area contributed by atoms with Crippen molar-refractivity contribution < 1.29 is 4.42 Å². The van der Waals surface area contributed by atoms with Crippen LogP contribution in [0.2, 0.25) is 0 Å². The van der Waals surface area contributed by atoms with Crippen molar-refractivity contribution in [3.05, 3.63) is 36.9 Å². The van der Waals surface area contributed by atoms with Gasteiger partial charge >= 0.3 is 0 Å². The van der Waals surface area contributed by atoms with Gasteiger partial charge in [0.15, 0.2) is 5.58 Å². The van der Waals surface area contributed by atoms with Crippen molar-refractivity contribution in [2.24, 2.45) is 0 Å². The highest BCUT2D eigenvalue weighted by Crippen LogP contribution is 2.33. The Morgan fingerprint density at radius 2 is 1.81 bits per heavy atom. The van der Waals surface area contributed by atoms with Crippen LogP contribution in [0.5, 0.6) is 0 Å². The van der Waals surface area contributed by atoms with Crippen LogP contribution in [0.25, 0.3) is 33.0 Å². The number of hydrogen-bond donors (Lipinski definition) is 1. The number of furan rings is 1. The third-order valence-corrected chi connectivity index (χ3v) is 2.83. The largest absolute Gasteiger partial charge is 0.438 e. The first-order valence-electron chi connectivity index (χ1n) is 5.01. The lowest BCUT2D eigenvalue weighted by molar-refractivity contribution is 0.655. The third kappa shape index (κ3) is 0.839. The maximum Gasteiger partial charge on any atom is 0.206 e. The molecule has 4 aromatic heterocycles. The van der Waals surface area contributed by atoms with E-state index in [9.17, 15) is 0 Å². The lowest BCUT2D eigenvalue weighted by Crippen LogP contribution is -1.72. The van der Waals surface area contributed by atoms with Gasteiger partial charge in [0.25, 0.3) is 0 Å². The smallest absolute Gasteiger partial charge is 0.206 e. The fourth-order valence-corrected chi connectivity index (χ4v) is 2.14. The summed E-state index contributed by atoms with van der Waals surface area (Å²) in [6, 6.07) is 3.96. The van der Waals surface area contributed by atoms with Crippen LogP contribution >= 0.6 is 0 Å². The first kappa shape index (κ1) is 7.87. The van der Waals surface area contributed by atoms with Crippen molar-refractivity contribution in [3.63, 3.8) is 0 Å². The van der Waals surface area contributed by atoms with Gasteiger partial charge in [-0.1, -0.05) is 0 Å². The van der Waals surface area contributed by atoms with Gasteiger partial charge in [0.2, 0.25) is 5.71 Å². The minimum absolute atomic E-state index is 0.783. The van der Waals surface area contributed by atoms with Crippen LogP contribution in [0.3, 0.4) is 0 Å². The van der Waals surface area contributed by atoms with Gasteiger partial charge in [0, 0.05) is 23.2 Å². The fraction of sp³-hybridized carbons (Fsp3) is 0. The zero-order chi connectivity index (χ0) is 10.5. The zero-order valence-electron chi connectivity index (χ0n) is 8.27. The average Bonchev–Trinajstić information content (AvgIpc) is 2.83. The molecule has 0 aromatic carbocycles. The SMILES string of the molecule is c1cc2c(cn1)[nH]c1oc3cnccc3c12. The number of fused-ring (bicyclic) bond motifs is 5. The molecule has 0 amide bonds. The predicted octanol–water partition coefficient (Wildman–Crippen LogP) is 2.86. The van der Waals surface area contributed by atoms with E-state index in [1.807, 2.05) is 12.1 Å². The topological polar surface area (TPSA) is 54.7 Å². The van der Waals surface area contributed by atoms with Crippen LogP contribution in [0.1, 0.15) is 0 Å². The summed E-state index contributed by atoms with van der Waals surface area (Å²) in [5, 5.41) is 3.33. The van der Waals surface area contributed by atoms with Crippen molar-refractivity contribution in [1.29, 1.82) is 0 Å². The molecule has 0 radical (unpaired) electrons. The van der Waals surface area contributed by atoms with Gasteiger partial charge in [0.1, 0.15) is 0 Å². The molecule has 76 valence electrons. The maximum absolute atomic E-state index is 5.69. The molecular weight excluding hydrogens is 202 g/mol. The Morgan fingerprint density at radius 1 is 1.00 bits per heavy atom. The maximum atomic E-state index is 5.69. The molecule has 4 aromatic rings. The number of rotatable bonds is 0. The summed E-state index contributed by atoms with van der Waals surface area (Å²) in [6.45, 7) is 0. The number of hydrogen-bond acceptors (Lipinski definition) is 3. The molecule has 0 aliphatic rings. The van der Waals surface area contributed by atoms with Gasteiger partial charge in [-0.3, -0.25) is 9.97 Å². The van der Waals surface area contributed by atoms with Gasteiger partial charge in [0.05, 0.1) is 23.3 Å². The summed E-state index contributed by atoms with van der Waals surface area (Å²) < 4.78 is 5.69. The summed E-state index contributed by atoms with van der Waals surface area (Å²) >= 11 is 0. The number of pyridine rings is 2. The molecule has 0 bridgehead atoms. The Morgan fingerprint density at radius 3 is 2.75 bits per heavy atom. The molecule has 4 heterocycles. The van der Waals surface area contributed by atoms with Crippen LogP contribution in [0.4, 0.5) is 0 Å². The molecule has 4 rings (SSSR count). The van der Waals surface area contributed by atoms with E-state index in [4.69, 9.17) is 4.42 Å². The monoisotopic (exact) mass is 209 g/mol. The number of aromatic nitrogens is 3. The van der Waals surface area contributed by atoms with Crippen molar-refractivity contribution >= 4 is 33.0 Å². The van der Waals surface area contributed by atoms with E-state index in [-0.39, 0.29) is 0 Å². The molecule has 4 nitrogen and oxygen atoms in total. The molecule has 0 saturated carbocycles. The van der Waals surface area contributed by atoms with E-state index in [0.29, 0.717) is 0 Å². The minimum Gasteiger partial charge on any atom is -0.438 e. The van der Waals surface area contributed by atoms with Gasteiger partial charge < -0.3 is 9.40 Å². The number of H-pyrrole nitrogens is 1. The molecule has 0 aliphatic heterocycles. The highest BCUT2D eigenvalue weighted by atomic mass is 16.3. The number of nitrogens with one attached hydrogen (secondary N) is 1. The second kappa shape index (κ2) is 2.61. The average molecular weight is 209 g/mol. The molecule has 16 heavy (non-hydrogen) atoms. The second-order valence-electron chi connectivity index (χ2n) is 3.72. The molecular formula is C12H7N3O. The fourth-order valence-electron chi connectivity index (χ4n) is 2.14. The lowest BCUT2D eigenvalue weighted by atomic mass is 10.2. The summed E-state index contributed by atoms with van der Waals surface area (Å²) in [4.78, 5) is 11.3. The molecule has 1 N–H and O–H groups in total. The molecule has 0 aliphatic carbocycles. The van der Waals surface area contributed by atoms with Gasteiger partial charge in [-0.25, -0.2) is 0 Å². The zero-order valence-corrected chi connectivity index (χ0v) is 8.27. The van der Waals surface area contributed by atoms with Gasteiger partial charge in [-0.15, -0.1) is 0 Å². The summed E-state index contributed by atoms with van der Waals surface area (Å²) in [7, 11) is 0. The highest BCUT2D eigenvalue weighted by Gasteiger charge is 2.12. The van der Waals surface area contributed by atoms with Crippen molar-refractivity contribution in [3.8, 4) is 0 Å². The quantitative estimate of drug-likeness (QED) is 0.484. The van der Waals surface area contributed by atoms with Crippen molar-refractivity contribution in [2.75, 3.05) is 0 Å². The van der Waals surface area contributed by atoms with Crippen LogP contribution in [-0.4, -0.2) is 15.0 Å². The lowest BCUT2D eigenvalue weighted by Gasteiger charge is -1.89. The number of nitrogens with zero attached hydrogens (tertiary/aromatic N) is 2. The summed E-state index contributed by atoms with van der Waals surface area (Å²) in [6.07, 6.45) is 7.10. The minimum atomic E-state index is 0.783. The normalized spacial score (nSPS) is 11.8. The standard InChI is InChI=1S/C12H7N3O/c1-3-13-5-9-7(1)11-8-2-4-14-6-10(8)16-12(11)15-9/h1-6,15H. The number of aromatic amines is 1. The van der Waals surface area contributed by atoms with E-state index in [2.05, 4.69) is 15.0 Å². The Kier molecular flexibility index (Phi) is 1.28. The third-order valence-electron chi connectivity index (χ3n) is 2.83. The molecule has 0 atom stereocenters. The van der Waals surface area contributed by atoms with Crippen LogP contribution < -0.4 is 0 Å². The van der Waals surface area contributed by atoms with Crippen molar-refractivity contribution in [1.82, 2.24) is 15.0 Å². The van der Waals surface area contributed by atoms with Gasteiger partial charge in [-0.2, -0.15) is 0 Å². The van der Waals surface area contributed by atoms with E-state index in [1.165, 1.54) is 0 Å². The molecule has 0 saturated heterocycles. The van der Waals surface area contributed by atoms with Crippen LogP contribution in [-0.2, 0) is 0 Å². The molecule has 0 fully saturated rings. The first-order chi connectivity index (χ1) is 7.93. The van der Waals surface area contributed by atoms with Crippen LogP contribution in [0.15, 0.2) is 41.3 Å². The summed E-state index contributed by atoms with van der Waals surface area (Å²) in [5.74, 6) is 0. The van der Waals surface area contributed by atoms with Crippen LogP contribution in [0, 0.1) is 0 Å². The highest BCUT2D eigenvalue weighted by molar-refractivity contribution is 6.18. The predicted molar refractivity (Wildman–Crippen MR) is 61.2 cm³/mol. The molecule has 0 unspecified atom stereocenters.